The lowest BCUT2D eigenvalue weighted by Crippen LogP contribution is -1.69. The van der Waals surface area contributed by atoms with Crippen molar-refractivity contribution in [2.24, 2.45) is 5.73 Å². The molecule has 2 nitrogen and oxygen atoms in total. The minimum absolute atomic E-state index is 0.322. The molecule has 0 aliphatic carbocycles. The summed E-state index contributed by atoms with van der Waals surface area (Å²) in [6.45, 7) is 0. The van der Waals surface area contributed by atoms with Crippen molar-refractivity contribution in [1.29, 1.82) is 0 Å². The topological polar surface area (TPSA) is 46.2 Å². The highest BCUT2D eigenvalue weighted by atomic mass is 35.5. The number of aromatic hydroxyl groups is 1. The van der Waals surface area contributed by atoms with E-state index < -0.39 is 0 Å². The molecular formula is C13H16ClNO. The van der Waals surface area contributed by atoms with Gasteiger partial charge in [-0.15, -0.1) is 0 Å². The van der Waals surface area contributed by atoms with Crippen LogP contribution in [-0.2, 0) is 0 Å². The number of hydrogen-bond acceptors (Lipinski definition) is 2. The van der Waals surface area contributed by atoms with Crippen molar-refractivity contribution < 1.29 is 5.11 Å². The van der Waals surface area contributed by atoms with Gasteiger partial charge in [-0.2, -0.15) is 0 Å². The van der Waals surface area contributed by atoms with E-state index in [9.17, 15) is 0 Å². The van der Waals surface area contributed by atoms with E-state index in [2.05, 4.69) is 5.73 Å². The van der Waals surface area contributed by atoms with Gasteiger partial charge in [0.05, 0.1) is 0 Å². The first-order chi connectivity index (χ1) is 7.79. The van der Waals surface area contributed by atoms with E-state index in [0.29, 0.717) is 5.75 Å². The number of rotatable bonds is 0. The number of phenols is 1. The van der Waals surface area contributed by atoms with Crippen molar-refractivity contribution in [3.63, 3.8) is 0 Å². The van der Waals surface area contributed by atoms with Gasteiger partial charge in [0, 0.05) is 5.02 Å². The standard InChI is InChI=1S/C6H5Cl.C6H6O.CH5N/c2*7-6-4-2-1-3-5-6;1-2/h1-5H;1-5,7H;2H2,1H3. The van der Waals surface area contributed by atoms with Crippen LogP contribution in [0.2, 0.25) is 5.02 Å². The summed E-state index contributed by atoms with van der Waals surface area (Å²) in [5.41, 5.74) is 4.50. The Morgan fingerprint density at radius 3 is 1.38 bits per heavy atom. The molecule has 0 bridgehead atoms. The van der Waals surface area contributed by atoms with Gasteiger partial charge in [-0.1, -0.05) is 48.0 Å². The summed E-state index contributed by atoms with van der Waals surface area (Å²) < 4.78 is 0. The fraction of sp³-hybridized carbons (Fsp3) is 0.0769. The summed E-state index contributed by atoms with van der Waals surface area (Å²) in [4.78, 5) is 0. The second-order valence-electron chi connectivity index (χ2n) is 2.63. The molecule has 0 saturated heterocycles. The molecule has 2 aromatic rings. The van der Waals surface area contributed by atoms with Gasteiger partial charge >= 0.3 is 0 Å². The molecule has 0 saturated carbocycles. The first-order valence-electron chi connectivity index (χ1n) is 4.81. The van der Waals surface area contributed by atoms with E-state index in [-0.39, 0.29) is 0 Å². The van der Waals surface area contributed by atoms with E-state index >= 15 is 0 Å². The third-order valence-electron chi connectivity index (χ3n) is 1.49. The summed E-state index contributed by atoms with van der Waals surface area (Å²) >= 11 is 5.54. The van der Waals surface area contributed by atoms with Crippen molar-refractivity contribution in [2.45, 2.75) is 0 Å². The summed E-state index contributed by atoms with van der Waals surface area (Å²) in [5, 5.41) is 9.43. The Balaban J connectivity index is 0.000000244. The minimum Gasteiger partial charge on any atom is -0.508 e. The van der Waals surface area contributed by atoms with Crippen LogP contribution in [0.4, 0.5) is 0 Å². The zero-order valence-corrected chi connectivity index (χ0v) is 9.93. The molecule has 3 N–H and O–H groups in total. The molecule has 86 valence electrons. The van der Waals surface area contributed by atoms with E-state index in [0.717, 1.165) is 5.02 Å². The molecule has 0 spiro atoms. The molecule has 0 fully saturated rings. The third kappa shape index (κ3) is 7.85. The number of halogens is 1. The molecule has 0 atom stereocenters. The molecule has 0 aliphatic rings. The zero-order valence-electron chi connectivity index (χ0n) is 9.18. The quantitative estimate of drug-likeness (QED) is 0.739. The number of benzene rings is 2. The normalized spacial score (nSPS) is 7.94. The average Bonchev–Trinajstić information content (AvgIpc) is 2.34. The molecule has 0 unspecified atom stereocenters. The molecule has 2 aromatic carbocycles. The van der Waals surface area contributed by atoms with Crippen LogP contribution in [0.3, 0.4) is 0 Å². The maximum atomic E-state index is 8.63. The summed E-state index contributed by atoms with van der Waals surface area (Å²) in [6.07, 6.45) is 0. The SMILES string of the molecule is CN.Clc1ccccc1.Oc1ccccc1. The predicted octanol–water partition coefficient (Wildman–Crippen LogP) is 3.31. The van der Waals surface area contributed by atoms with Crippen molar-refractivity contribution in [3.8, 4) is 5.75 Å². The van der Waals surface area contributed by atoms with Gasteiger partial charge in [0.2, 0.25) is 0 Å². The number of para-hydroxylation sites is 1. The van der Waals surface area contributed by atoms with Crippen LogP contribution in [0, 0.1) is 0 Å². The lowest BCUT2D eigenvalue weighted by molar-refractivity contribution is 0.475. The van der Waals surface area contributed by atoms with E-state index in [4.69, 9.17) is 16.7 Å². The van der Waals surface area contributed by atoms with Crippen LogP contribution < -0.4 is 5.73 Å². The molecule has 0 aromatic heterocycles. The van der Waals surface area contributed by atoms with E-state index in [1.807, 2.05) is 36.4 Å². The molecule has 3 heteroatoms. The molecule has 0 aliphatic heterocycles. The zero-order chi connectivity index (χ0) is 12.2. The van der Waals surface area contributed by atoms with Crippen molar-refractivity contribution in [1.82, 2.24) is 0 Å². The minimum atomic E-state index is 0.322. The highest BCUT2D eigenvalue weighted by Gasteiger charge is 1.75. The Kier molecular flexibility index (Phi) is 9.08. The Labute approximate surface area is 101 Å². The summed E-state index contributed by atoms with van der Waals surface area (Å²) in [5.74, 6) is 0.322. The summed E-state index contributed by atoms with van der Waals surface area (Å²) in [7, 11) is 1.50. The first-order valence-corrected chi connectivity index (χ1v) is 5.19. The van der Waals surface area contributed by atoms with Crippen LogP contribution in [-0.4, -0.2) is 12.2 Å². The Hall–Kier alpha value is -1.51. The number of hydrogen-bond donors (Lipinski definition) is 2. The van der Waals surface area contributed by atoms with Crippen molar-refractivity contribution >= 4 is 11.6 Å². The third-order valence-corrected chi connectivity index (χ3v) is 1.74. The van der Waals surface area contributed by atoms with Crippen molar-refractivity contribution in [3.05, 3.63) is 65.7 Å². The highest BCUT2D eigenvalue weighted by molar-refractivity contribution is 6.30. The van der Waals surface area contributed by atoms with E-state index in [1.165, 1.54) is 7.05 Å². The van der Waals surface area contributed by atoms with Gasteiger partial charge in [-0.25, -0.2) is 0 Å². The summed E-state index contributed by atoms with van der Waals surface area (Å²) in [6, 6.07) is 18.2. The Bertz CT molecular complexity index is 313. The molecular weight excluding hydrogens is 222 g/mol. The van der Waals surface area contributed by atoms with Gasteiger partial charge < -0.3 is 10.8 Å². The van der Waals surface area contributed by atoms with Gasteiger partial charge in [0.25, 0.3) is 0 Å². The number of phenolic OH excluding ortho intramolecular Hbond substituents is 1. The second kappa shape index (κ2) is 10.0. The maximum absolute atomic E-state index is 8.63. The van der Waals surface area contributed by atoms with Crippen LogP contribution in [0.25, 0.3) is 0 Å². The van der Waals surface area contributed by atoms with Crippen molar-refractivity contribution in [2.75, 3.05) is 7.05 Å². The van der Waals surface area contributed by atoms with Gasteiger partial charge in [-0.05, 0) is 31.3 Å². The van der Waals surface area contributed by atoms with Gasteiger partial charge in [-0.3, -0.25) is 0 Å². The fourth-order valence-electron chi connectivity index (χ4n) is 0.843. The second-order valence-corrected chi connectivity index (χ2v) is 3.07. The first kappa shape index (κ1) is 14.5. The lowest BCUT2D eigenvalue weighted by atomic mass is 10.3. The Morgan fingerprint density at radius 2 is 1.19 bits per heavy atom. The highest BCUT2D eigenvalue weighted by Crippen LogP contribution is 2.03. The van der Waals surface area contributed by atoms with E-state index in [1.54, 1.807) is 24.3 Å². The Morgan fingerprint density at radius 1 is 0.812 bits per heavy atom. The number of nitrogens with two attached hydrogens (primary N) is 1. The molecule has 2 rings (SSSR count). The van der Waals surface area contributed by atoms with Crippen LogP contribution >= 0.6 is 11.6 Å². The lowest BCUT2D eigenvalue weighted by Gasteiger charge is -1.82. The molecule has 0 heterocycles. The van der Waals surface area contributed by atoms with Crippen LogP contribution in [0.15, 0.2) is 60.7 Å². The average molecular weight is 238 g/mol. The molecule has 0 amide bonds. The molecule has 16 heavy (non-hydrogen) atoms. The largest absolute Gasteiger partial charge is 0.508 e. The van der Waals surface area contributed by atoms with Gasteiger partial charge in [0.1, 0.15) is 5.75 Å². The predicted molar refractivity (Wildman–Crippen MR) is 69.7 cm³/mol. The smallest absolute Gasteiger partial charge is 0.115 e. The maximum Gasteiger partial charge on any atom is 0.115 e. The van der Waals surface area contributed by atoms with Gasteiger partial charge in [0.15, 0.2) is 0 Å². The van der Waals surface area contributed by atoms with Crippen LogP contribution in [0.1, 0.15) is 0 Å². The fourth-order valence-corrected chi connectivity index (χ4v) is 0.988. The molecule has 0 radical (unpaired) electrons. The monoisotopic (exact) mass is 237 g/mol. The van der Waals surface area contributed by atoms with Crippen LogP contribution in [0.5, 0.6) is 5.75 Å².